The number of carbonyl (C=O) groups excluding carboxylic acids is 1. The molecule has 6 nitrogen and oxygen atoms in total. The number of amides is 1. The highest BCUT2D eigenvalue weighted by molar-refractivity contribution is 7.14. The average Bonchev–Trinajstić information content (AvgIpc) is 2.94. The van der Waals surface area contributed by atoms with Crippen molar-refractivity contribution in [1.29, 1.82) is 0 Å². The highest BCUT2D eigenvalue weighted by Crippen LogP contribution is 2.34. The van der Waals surface area contributed by atoms with E-state index in [1.165, 1.54) is 18.4 Å². The number of anilines is 1. The number of thiazole rings is 1. The van der Waals surface area contributed by atoms with Crippen LogP contribution >= 0.6 is 11.3 Å². The lowest BCUT2D eigenvalue weighted by atomic mass is 10.1. The van der Waals surface area contributed by atoms with Crippen molar-refractivity contribution in [3.05, 3.63) is 23.6 Å². The van der Waals surface area contributed by atoms with Crippen LogP contribution in [0.4, 0.5) is 5.13 Å². The molecule has 0 bridgehead atoms. The first kappa shape index (κ1) is 15.3. The van der Waals surface area contributed by atoms with Gasteiger partial charge in [0.05, 0.1) is 19.9 Å². The third-order valence-corrected chi connectivity index (χ3v) is 3.47. The summed E-state index contributed by atoms with van der Waals surface area (Å²) in [6.45, 7) is 0.000764. The van der Waals surface area contributed by atoms with Crippen LogP contribution in [0.25, 0.3) is 11.3 Å². The Kier molecular flexibility index (Phi) is 5.13. The second-order valence-electron chi connectivity index (χ2n) is 4.09. The standard InChI is InChI=1S/C14H16N2O4S/c1-18-7-13(17)16-14-15-11(8-21-14)10-5-4-9(19-2)6-12(10)20-3/h4-6,8H,7H2,1-3H3,(H,15,16,17). The van der Waals surface area contributed by atoms with Crippen molar-refractivity contribution < 1.29 is 19.0 Å². The topological polar surface area (TPSA) is 69.7 Å². The van der Waals surface area contributed by atoms with E-state index >= 15 is 0 Å². The summed E-state index contributed by atoms with van der Waals surface area (Å²) in [5.41, 5.74) is 1.56. The molecule has 0 spiro atoms. The van der Waals surface area contributed by atoms with E-state index < -0.39 is 0 Å². The van der Waals surface area contributed by atoms with Crippen LogP contribution in [0.5, 0.6) is 11.5 Å². The molecule has 0 atom stereocenters. The molecule has 0 aliphatic heterocycles. The lowest BCUT2D eigenvalue weighted by Crippen LogP contribution is -2.16. The summed E-state index contributed by atoms with van der Waals surface area (Å²) in [6, 6.07) is 5.49. The van der Waals surface area contributed by atoms with Gasteiger partial charge in [-0.3, -0.25) is 10.1 Å². The van der Waals surface area contributed by atoms with E-state index in [2.05, 4.69) is 10.3 Å². The van der Waals surface area contributed by atoms with Crippen LogP contribution in [0.15, 0.2) is 23.6 Å². The molecule has 2 aromatic rings. The van der Waals surface area contributed by atoms with Crippen LogP contribution in [-0.2, 0) is 9.53 Å². The van der Waals surface area contributed by atoms with E-state index in [4.69, 9.17) is 14.2 Å². The number of nitrogens with zero attached hydrogens (tertiary/aromatic N) is 1. The Balaban J connectivity index is 2.23. The predicted molar refractivity (Wildman–Crippen MR) is 81.2 cm³/mol. The van der Waals surface area contributed by atoms with E-state index in [0.717, 1.165) is 11.3 Å². The molecule has 2 rings (SSSR count). The highest BCUT2D eigenvalue weighted by Gasteiger charge is 2.12. The number of rotatable bonds is 6. The number of carbonyl (C=O) groups is 1. The smallest absolute Gasteiger partial charge is 0.252 e. The monoisotopic (exact) mass is 308 g/mol. The molecule has 1 amide bonds. The number of hydrogen-bond acceptors (Lipinski definition) is 6. The van der Waals surface area contributed by atoms with E-state index in [0.29, 0.717) is 16.6 Å². The fourth-order valence-corrected chi connectivity index (χ4v) is 2.48. The van der Waals surface area contributed by atoms with Crippen molar-refractivity contribution in [3.63, 3.8) is 0 Å². The Morgan fingerprint density at radius 2 is 2.10 bits per heavy atom. The zero-order valence-corrected chi connectivity index (χ0v) is 12.8. The minimum atomic E-state index is -0.236. The lowest BCUT2D eigenvalue weighted by molar-refractivity contribution is -0.119. The van der Waals surface area contributed by atoms with Gasteiger partial charge in [0.25, 0.3) is 5.91 Å². The zero-order chi connectivity index (χ0) is 15.2. The van der Waals surface area contributed by atoms with Crippen LogP contribution in [0.2, 0.25) is 0 Å². The van der Waals surface area contributed by atoms with Crippen molar-refractivity contribution in [2.24, 2.45) is 0 Å². The molecular formula is C14H16N2O4S. The summed E-state index contributed by atoms with van der Waals surface area (Å²) < 4.78 is 15.3. The summed E-state index contributed by atoms with van der Waals surface area (Å²) in [7, 11) is 4.65. The van der Waals surface area contributed by atoms with Gasteiger partial charge in [-0.25, -0.2) is 4.98 Å². The third-order valence-electron chi connectivity index (χ3n) is 2.71. The van der Waals surface area contributed by atoms with Gasteiger partial charge in [0.2, 0.25) is 0 Å². The fraction of sp³-hybridized carbons (Fsp3) is 0.286. The molecule has 0 saturated carbocycles. The first-order valence-electron chi connectivity index (χ1n) is 6.14. The molecule has 0 aliphatic carbocycles. The molecule has 7 heteroatoms. The maximum Gasteiger partial charge on any atom is 0.252 e. The molecule has 21 heavy (non-hydrogen) atoms. The van der Waals surface area contributed by atoms with Gasteiger partial charge in [0.1, 0.15) is 18.1 Å². The molecule has 0 fully saturated rings. The van der Waals surface area contributed by atoms with Crippen LogP contribution in [0.1, 0.15) is 0 Å². The molecule has 0 saturated heterocycles. The average molecular weight is 308 g/mol. The number of ether oxygens (including phenoxy) is 3. The predicted octanol–water partition coefficient (Wildman–Crippen LogP) is 2.41. The molecule has 1 aromatic heterocycles. The van der Waals surface area contributed by atoms with Crippen molar-refractivity contribution >= 4 is 22.4 Å². The quantitative estimate of drug-likeness (QED) is 0.887. The molecular weight excluding hydrogens is 292 g/mol. The molecule has 0 aliphatic rings. The van der Waals surface area contributed by atoms with Crippen LogP contribution in [0, 0.1) is 0 Å². The Hall–Kier alpha value is -2.12. The van der Waals surface area contributed by atoms with Crippen LogP contribution in [0.3, 0.4) is 0 Å². The van der Waals surface area contributed by atoms with Crippen molar-refractivity contribution in [1.82, 2.24) is 4.98 Å². The zero-order valence-electron chi connectivity index (χ0n) is 12.0. The van der Waals surface area contributed by atoms with Crippen LogP contribution in [-0.4, -0.2) is 38.8 Å². The third kappa shape index (κ3) is 3.71. The highest BCUT2D eigenvalue weighted by atomic mass is 32.1. The second-order valence-corrected chi connectivity index (χ2v) is 4.94. The molecule has 1 N–H and O–H groups in total. The fourth-order valence-electron chi connectivity index (χ4n) is 1.75. The Bertz CT molecular complexity index is 627. The largest absolute Gasteiger partial charge is 0.497 e. The van der Waals surface area contributed by atoms with Gasteiger partial charge in [-0.15, -0.1) is 11.3 Å². The van der Waals surface area contributed by atoms with Gasteiger partial charge in [-0.1, -0.05) is 0 Å². The Labute approximate surface area is 126 Å². The Morgan fingerprint density at radius 1 is 1.29 bits per heavy atom. The van der Waals surface area contributed by atoms with Gasteiger partial charge in [-0.2, -0.15) is 0 Å². The van der Waals surface area contributed by atoms with E-state index in [9.17, 15) is 4.79 Å². The van der Waals surface area contributed by atoms with Gasteiger partial charge in [0.15, 0.2) is 5.13 Å². The number of methoxy groups -OCH3 is 3. The summed E-state index contributed by atoms with van der Waals surface area (Å²) in [5.74, 6) is 1.13. The van der Waals surface area contributed by atoms with Crippen molar-refractivity contribution in [2.45, 2.75) is 0 Å². The van der Waals surface area contributed by atoms with Gasteiger partial charge < -0.3 is 14.2 Å². The number of benzene rings is 1. The minimum absolute atomic E-state index is 0.000764. The van der Waals surface area contributed by atoms with Gasteiger partial charge >= 0.3 is 0 Å². The second kappa shape index (κ2) is 7.05. The van der Waals surface area contributed by atoms with E-state index in [-0.39, 0.29) is 12.5 Å². The molecule has 1 heterocycles. The van der Waals surface area contributed by atoms with Gasteiger partial charge in [0, 0.05) is 24.1 Å². The Morgan fingerprint density at radius 3 is 2.76 bits per heavy atom. The number of hydrogen-bond donors (Lipinski definition) is 1. The summed E-state index contributed by atoms with van der Waals surface area (Å²) in [5, 5.41) is 5.04. The van der Waals surface area contributed by atoms with Crippen molar-refractivity contribution in [3.8, 4) is 22.8 Å². The summed E-state index contributed by atoms with van der Waals surface area (Å²) in [6.07, 6.45) is 0. The maximum absolute atomic E-state index is 11.5. The van der Waals surface area contributed by atoms with E-state index in [1.54, 1.807) is 20.3 Å². The first-order valence-corrected chi connectivity index (χ1v) is 7.02. The SMILES string of the molecule is COCC(=O)Nc1nc(-c2ccc(OC)cc2OC)cs1. The number of aromatic nitrogens is 1. The summed E-state index contributed by atoms with van der Waals surface area (Å²) in [4.78, 5) is 15.8. The van der Waals surface area contributed by atoms with E-state index in [1.807, 2.05) is 17.5 Å². The maximum atomic E-state index is 11.5. The summed E-state index contributed by atoms with van der Waals surface area (Å²) >= 11 is 1.34. The minimum Gasteiger partial charge on any atom is -0.497 e. The molecule has 0 unspecified atom stereocenters. The lowest BCUT2D eigenvalue weighted by Gasteiger charge is -2.08. The molecule has 112 valence electrons. The number of nitrogens with one attached hydrogen (secondary N) is 1. The van der Waals surface area contributed by atoms with Gasteiger partial charge in [-0.05, 0) is 12.1 Å². The van der Waals surface area contributed by atoms with Crippen LogP contribution < -0.4 is 14.8 Å². The first-order chi connectivity index (χ1) is 10.2. The van der Waals surface area contributed by atoms with Crippen molar-refractivity contribution in [2.75, 3.05) is 33.3 Å². The molecule has 1 aromatic carbocycles. The molecule has 0 radical (unpaired) electrons. The normalized spacial score (nSPS) is 10.2.